The van der Waals surface area contributed by atoms with Crippen LogP contribution < -0.4 is 29.6 Å². The van der Waals surface area contributed by atoms with Crippen LogP contribution in [0.3, 0.4) is 0 Å². The van der Waals surface area contributed by atoms with E-state index >= 15 is 0 Å². The molecule has 0 aromatic heterocycles. The van der Waals surface area contributed by atoms with Gasteiger partial charge in [-0.25, -0.2) is 0 Å². The molecule has 0 aromatic carbocycles. The minimum absolute atomic E-state index is 0. The Morgan fingerprint density at radius 1 is 1.00 bits per heavy atom. The molecule has 0 aromatic rings. The third-order valence-corrected chi connectivity index (χ3v) is 4.63. The molecule has 0 N–H and O–H groups in total. The molecule has 1 rings (SSSR count). The van der Waals surface area contributed by atoms with Gasteiger partial charge in [0.05, 0.1) is 0 Å². The van der Waals surface area contributed by atoms with Gasteiger partial charge in [-0.3, -0.25) is 8.80 Å². The first-order chi connectivity index (χ1) is 4.30. The third-order valence-electron chi connectivity index (χ3n) is 2.42. The van der Waals surface area contributed by atoms with Crippen LogP contribution in [0, 0.1) is 0 Å². The molecule has 10 heavy (non-hydrogen) atoms. The van der Waals surface area contributed by atoms with Gasteiger partial charge >= 0.3 is 29.6 Å². The van der Waals surface area contributed by atoms with E-state index in [-0.39, 0.29) is 38.4 Å². The third kappa shape index (κ3) is 3.56. The number of hydrogen-bond acceptors (Lipinski definition) is 0. The topological polar surface area (TPSA) is 0 Å². The number of rotatable bonds is 1. The van der Waals surface area contributed by atoms with Crippen molar-refractivity contribution in [2.75, 3.05) is 0 Å². The molecule has 0 spiro atoms. The van der Waals surface area contributed by atoms with E-state index in [1.165, 1.54) is 19.3 Å². The molecule has 0 aliphatic heterocycles. The van der Waals surface area contributed by atoms with Crippen LogP contribution in [0.2, 0.25) is 18.6 Å². The molecule has 0 bridgehead atoms. The van der Waals surface area contributed by atoms with Crippen molar-refractivity contribution in [3.63, 3.8) is 0 Å². The Labute approximate surface area is 88.7 Å². The van der Waals surface area contributed by atoms with Gasteiger partial charge in [0.15, 0.2) is 0 Å². The summed E-state index contributed by atoms with van der Waals surface area (Å²) in [4.78, 5) is 0. The molecular weight excluding hydrogens is 147 g/mol. The van der Waals surface area contributed by atoms with E-state index in [0.29, 0.717) is 0 Å². The molecule has 0 saturated heterocycles. The monoisotopic (exact) mass is 164 g/mol. The average molecular weight is 164 g/mol. The van der Waals surface area contributed by atoms with Crippen LogP contribution in [0.5, 0.6) is 0 Å². The predicted molar refractivity (Wildman–Crippen MR) is 44.3 cm³/mol. The van der Waals surface area contributed by atoms with E-state index in [1.807, 2.05) is 0 Å². The van der Waals surface area contributed by atoms with Gasteiger partial charge < -0.3 is 0 Å². The summed E-state index contributed by atoms with van der Waals surface area (Å²) in [5.74, 6) is 0. The summed E-state index contributed by atoms with van der Waals surface area (Å²) in [6.07, 6.45) is 7.62. The van der Waals surface area contributed by atoms with Crippen molar-refractivity contribution in [2.24, 2.45) is 0 Å². The maximum atomic E-state index is 2.46. The molecule has 0 heterocycles. The van der Waals surface area contributed by atoms with E-state index in [9.17, 15) is 0 Å². The van der Waals surface area contributed by atoms with Crippen molar-refractivity contribution in [2.45, 2.75) is 50.7 Å². The molecule has 1 fully saturated rings. The van der Waals surface area contributed by atoms with Crippen molar-refractivity contribution >= 4 is 8.80 Å². The zero-order valence-corrected chi connectivity index (χ0v) is 10.6. The average Bonchev–Trinajstić information content (AvgIpc) is 1.90. The van der Waals surface area contributed by atoms with Crippen molar-refractivity contribution in [1.82, 2.24) is 0 Å². The molecular formula is C8H17NaSi. The zero-order valence-electron chi connectivity index (χ0n) is 7.61. The van der Waals surface area contributed by atoms with E-state index in [0.717, 1.165) is 5.54 Å². The van der Waals surface area contributed by atoms with Crippen molar-refractivity contribution in [3.05, 3.63) is 0 Å². The summed E-state index contributed by atoms with van der Waals surface area (Å²) < 4.78 is 0. The molecule has 0 nitrogen and oxygen atoms in total. The van der Waals surface area contributed by atoms with Crippen LogP contribution in [-0.4, -0.2) is 8.80 Å². The van der Waals surface area contributed by atoms with Crippen LogP contribution in [-0.2, 0) is 0 Å². The first-order valence-corrected chi connectivity index (χ1v) is 6.68. The fourth-order valence-electron chi connectivity index (χ4n) is 1.68. The molecule has 1 aliphatic carbocycles. The molecule has 2 heteroatoms. The van der Waals surface area contributed by atoms with E-state index in [4.69, 9.17) is 0 Å². The SMILES string of the molecule is C[Si-](C)C1CCCCC1.[Na+]. The summed E-state index contributed by atoms with van der Waals surface area (Å²) in [5.41, 5.74) is 1.16. The maximum Gasteiger partial charge on any atom is 1.00 e. The van der Waals surface area contributed by atoms with Gasteiger partial charge in [0.1, 0.15) is 0 Å². The summed E-state index contributed by atoms with van der Waals surface area (Å²) in [5, 5.41) is 0. The molecule has 0 amide bonds. The van der Waals surface area contributed by atoms with Gasteiger partial charge in [-0.15, -0.1) is 0 Å². The Hall–Kier alpha value is 1.22. The largest absolute Gasteiger partial charge is 1.00 e. The van der Waals surface area contributed by atoms with Crippen molar-refractivity contribution in [1.29, 1.82) is 0 Å². The summed E-state index contributed by atoms with van der Waals surface area (Å²) in [6, 6.07) is 0. The normalized spacial score (nSPS) is 20.7. The van der Waals surface area contributed by atoms with Crippen LogP contribution in [0.4, 0.5) is 0 Å². The van der Waals surface area contributed by atoms with Crippen molar-refractivity contribution < 1.29 is 29.6 Å². The fraction of sp³-hybridized carbons (Fsp3) is 1.00. The van der Waals surface area contributed by atoms with Gasteiger partial charge in [0, 0.05) is 0 Å². The Balaban J connectivity index is 0.000000810. The van der Waals surface area contributed by atoms with Gasteiger partial charge in [-0.2, -0.15) is 18.6 Å². The van der Waals surface area contributed by atoms with Crippen LogP contribution in [0.15, 0.2) is 0 Å². The van der Waals surface area contributed by atoms with Crippen LogP contribution >= 0.6 is 0 Å². The standard InChI is InChI=1S/C8H17Si.Na/c1-9(2)8-6-4-3-5-7-8;/h8H,3-7H2,1-2H3;/q-1;+1. The van der Waals surface area contributed by atoms with Gasteiger partial charge in [0.25, 0.3) is 0 Å². The second-order valence-corrected chi connectivity index (χ2v) is 6.38. The van der Waals surface area contributed by atoms with E-state index < -0.39 is 0 Å². The Bertz CT molecular complexity index is 77.3. The maximum absolute atomic E-state index is 2.46. The van der Waals surface area contributed by atoms with Gasteiger partial charge in [-0.1, -0.05) is 32.1 Å². The molecule has 1 saturated carbocycles. The molecule has 0 unspecified atom stereocenters. The second-order valence-electron chi connectivity index (χ2n) is 3.41. The second kappa shape index (κ2) is 5.82. The Morgan fingerprint density at radius 3 is 1.80 bits per heavy atom. The smallest absolute Gasteiger partial charge is 0.263 e. The van der Waals surface area contributed by atoms with Gasteiger partial charge in [0.2, 0.25) is 0 Å². The molecule has 0 atom stereocenters. The predicted octanol–water partition coefficient (Wildman–Crippen LogP) is 0.0791. The first-order valence-electron chi connectivity index (χ1n) is 4.11. The summed E-state index contributed by atoms with van der Waals surface area (Å²) in [6.45, 7) is 4.92. The zero-order chi connectivity index (χ0) is 6.69. The summed E-state index contributed by atoms with van der Waals surface area (Å²) in [7, 11) is 0.0647. The number of hydrogen-bond donors (Lipinski definition) is 0. The van der Waals surface area contributed by atoms with Crippen LogP contribution in [0.25, 0.3) is 0 Å². The first kappa shape index (κ1) is 11.2. The minimum Gasteiger partial charge on any atom is -0.263 e. The van der Waals surface area contributed by atoms with Crippen LogP contribution in [0.1, 0.15) is 32.1 Å². The summed E-state index contributed by atoms with van der Waals surface area (Å²) >= 11 is 0. The minimum atomic E-state index is 0. The van der Waals surface area contributed by atoms with E-state index in [1.54, 1.807) is 12.8 Å². The van der Waals surface area contributed by atoms with Crippen molar-refractivity contribution in [3.8, 4) is 0 Å². The molecule has 0 radical (unpaired) electrons. The van der Waals surface area contributed by atoms with Gasteiger partial charge in [-0.05, 0) is 0 Å². The molecule has 1 aliphatic rings. The fourth-order valence-corrected chi connectivity index (χ4v) is 3.24. The Kier molecular flexibility index (Phi) is 6.52. The molecule has 54 valence electrons. The Morgan fingerprint density at radius 2 is 1.50 bits per heavy atom. The quantitative estimate of drug-likeness (QED) is 0.482. The van der Waals surface area contributed by atoms with E-state index in [2.05, 4.69) is 13.1 Å².